The molecule has 120 valence electrons. The Morgan fingerprint density at radius 3 is 2.71 bits per heavy atom. The highest BCUT2D eigenvalue weighted by atomic mass is 16.5. The van der Waals surface area contributed by atoms with Crippen molar-refractivity contribution in [3.63, 3.8) is 0 Å². The number of benzene rings is 2. The molecule has 24 heavy (non-hydrogen) atoms. The standard InChI is InChI=1S/C18H17N5O/c1-3-23(13-8-5-4-6-9-13)18-19-17(24-21-18)14-10-7-11-16-15(14)12-22(2)20-16/h4-12H,3H2,1-2H3. The topological polar surface area (TPSA) is 60.0 Å². The van der Waals surface area contributed by atoms with Crippen molar-refractivity contribution in [2.45, 2.75) is 6.92 Å². The summed E-state index contributed by atoms with van der Waals surface area (Å²) < 4.78 is 7.32. The third kappa shape index (κ3) is 2.42. The Hall–Kier alpha value is -3.15. The summed E-state index contributed by atoms with van der Waals surface area (Å²) >= 11 is 0. The minimum atomic E-state index is 0.498. The Morgan fingerprint density at radius 2 is 1.92 bits per heavy atom. The maximum Gasteiger partial charge on any atom is 0.270 e. The van der Waals surface area contributed by atoms with Crippen molar-refractivity contribution in [3.8, 4) is 11.5 Å². The average molecular weight is 319 g/mol. The van der Waals surface area contributed by atoms with Crippen molar-refractivity contribution in [2.75, 3.05) is 11.4 Å². The second-order valence-corrected chi connectivity index (χ2v) is 5.52. The Morgan fingerprint density at radius 1 is 1.08 bits per heavy atom. The zero-order valence-corrected chi connectivity index (χ0v) is 13.5. The van der Waals surface area contributed by atoms with Crippen molar-refractivity contribution < 1.29 is 4.52 Å². The van der Waals surface area contributed by atoms with E-state index in [9.17, 15) is 0 Å². The molecule has 0 N–H and O–H groups in total. The summed E-state index contributed by atoms with van der Waals surface area (Å²) in [5, 5.41) is 9.59. The monoisotopic (exact) mass is 319 g/mol. The Balaban J connectivity index is 1.76. The summed E-state index contributed by atoms with van der Waals surface area (Å²) in [6.07, 6.45) is 1.96. The van der Waals surface area contributed by atoms with Gasteiger partial charge in [0.25, 0.3) is 11.8 Å². The highest BCUT2D eigenvalue weighted by molar-refractivity contribution is 5.92. The lowest BCUT2D eigenvalue weighted by molar-refractivity contribution is 0.431. The lowest BCUT2D eigenvalue weighted by atomic mass is 10.1. The summed E-state index contributed by atoms with van der Waals surface area (Å²) in [6, 6.07) is 15.9. The number of hydrogen-bond donors (Lipinski definition) is 0. The number of aryl methyl sites for hydroxylation is 1. The van der Waals surface area contributed by atoms with E-state index in [0.29, 0.717) is 11.8 Å². The molecule has 2 aromatic heterocycles. The first-order chi connectivity index (χ1) is 11.8. The summed E-state index contributed by atoms with van der Waals surface area (Å²) in [7, 11) is 1.90. The fraction of sp³-hybridized carbons (Fsp3) is 0.167. The Bertz CT molecular complexity index is 973. The molecule has 2 heterocycles. The van der Waals surface area contributed by atoms with E-state index >= 15 is 0 Å². The molecule has 0 radical (unpaired) electrons. The van der Waals surface area contributed by atoms with E-state index in [-0.39, 0.29) is 0 Å². The third-order valence-electron chi connectivity index (χ3n) is 3.94. The molecule has 0 saturated carbocycles. The van der Waals surface area contributed by atoms with E-state index in [1.807, 2.05) is 66.7 Å². The van der Waals surface area contributed by atoms with Gasteiger partial charge in [-0.05, 0) is 36.3 Å². The average Bonchev–Trinajstić information content (AvgIpc) is 3.22. The summed E-state index contributed by atoms with van der Waals surface area (Å²) in [5.74, 6) is 1.05. The van der Waals surface area contributed by atoms with Gasteiger partial charge in [-0.1, -0.05) is 24.3 Å². The smallest absolute Gasteiger partial charge is 0.270 e. The van der Waals surface area contributed by atoms with Crippen LogP contribution in [0.5, 0.6) is 0 Å². The van der Waals surface area contributed by atoms with E-state index in [4.69, 9.17) is 4.52 Å². The van der Waals surface area contributed by atoms with E-state index in [2.05, 4.69) is 22.2 Å². The summed E-state index contributed by atoms with van der Waals surface area (Å²) in [4.78, 5) is 6.61. The predicted molar refractivity (Wildman–Crippen MR) is 93.1 cm³/mol. The van der Waals surface area contributed by atoms with Gasteiger partial charge in [0.1, 0.15) is 0 Å². The molecule has 4 aromatic rings. The van der Waals surface area contributed by atoms with Crippen LogP contribution >= 0.6 is 0 Å². The van der Waals surface area contributed by atoms with Crippen LogP contribution in [-0.4, -0.2) is 26.5 Å². The van der Waals surface area contributed by atoms with Gasteiger partial charge in [-0.25, -0.2) is 0 Å². The van der Waals surface area contributed by atoms with Crippen molar-refractivity contribution in [1.82, 2.24) is 19.9 Å². The number of rotatable bonds is 4. The maximum atomic E-state index is 5.53. The van der Waals surface area contributed by atoms with Crippen molar-refractivity contribution in [2.24, 2.45) is 7.05 Å². The molecule has 0 aliphatic heterocycles. The molecule has 0 saturated heterocycles. The molecule has 0 amide bonds. The van der Waals surface area contributed by atoms with Crippen LogP contribution in [0.4, 0.5) is 11.6 Å². The number of anilines is 2. The molecular weight excluding hydrogens is 302 g/mol. The normalized spacial score (nSPS) is 11.1. The van der Waals surface area contributed by atoms with Gasteiger partial charge >= 0.3 is 0 Å². The van der Waals surface area contributed by atoms with Crippen LogP contribution in [0.2, 0.25) is 0 Å². The second kappa shape index (κ2) is 5.81. The van der Waals surface area contributed by atoms with E-state index in [0.717, 1.165) is 28.7 Å². The highest BCUT2D eigenvalue weighted by Gasteiger charge is 2.17. The molecule has 4 rings (SSSR count). The number of hydrogen-bond acceptors (Lipinski definition) is 5. The molecule has 0 atom stereocenters. The molecular formula is C18H17N5O. The minimum absolute atomic E-state index is 0.498. The fourth-order valence-electron chi connectivity index (χ4n) is 2.83. The van der Waals surface area contributed by atoms with Gasteiger partial charge in [0.15, 0.2) is 0 Å². The van der Waals surface area contributed by atoms with Crippen LogP contribution in [0.25, 0.3) is 22.4 Å². The van der Waals surface area contributed by atoms with Crippen LogP contribution in [0.1, 0.15) is 6.92 Å². The van der Waals surface area contributed by atoms with Crippen LogP contribution < -0.4 is 4.90 Å². The molecule has 6 nitrogen and oxygen atoms in total. The summed E-state index contributed by atoms with van der Waals surface area (Å²) in [5.41, 5.74) is 2.83. The number of fused-ring (bicyclic) bond motifs is 1. The Labute approximate surface area is 139 Å². The SMILES string of the molecule is CCN(c1ccccc1)c1noc(-c2cccc3nn(C)cc23)n1. The first kappa shape index (κ1) is 14.4. The highest BCUT2D eigenvalue weighted by Crippen LogP contribution is 2.29. The summed E-state index contributed by atoms with van der Waals surface area (Å²) in [6.45, 7) is 2.81. The quantitative estimate of drug-likeness (QED) is 0.573. The largest absolute Gasteiger partial charge is 0.332 e. The van der Waals surface area contributed by atoms with Crippen LogP contribution in [0.15, 0.2) is 59.3 Å². The van der Waals surface area contributed by atoms with Crippen molar-refractivity contribution in [1.29, 1.82) is 0 Å². The fourth-order valence-corrected chi connectivity index (χ4v) is 2.83. The zero-order valence-electron chi connectivity index (χ0n) is 13.5. The number of aromatic nitrogens is 4. The van der Waals surface area contributed by atoms with E-state index < -0.39 is 0 Å². The molecule has 0 aliphatic carbocycles. The minimum Gasteiger partial charge on any atom is -0.332 e. The first-order valence-electron chi connectivity index (χ1n) is 7.85. The molecule has 2 aromatic carbocycles. The van der Waals surface area contributed by atoms with Gasteiger partial charge in [-0.3, -0.25) is 4.68 Å². The van der Waals surface area contributed by atoms with E-state index in [1.165, 1.54) is 0 Å². The molecule has 0 fully saturated rings. The molecule has 0 spiro atoms. The van der Waals surface area contributed by atoms with Crippen LogP contribution in [-0.2, 0) is 7.05 Å². The van der Waals surface area contributed by atoms with Gasteiger partial charge in [0.05, 0.1) is 11.1 Å². The van der Waals surface area contributed by atoms with Crippen LogP contribution in [0.3, 0.4) is 0 Å². The Kier molecular flexibility index (Phi) is 3.49. The van der Waals surface area contributed by atoms with E-state index in [1.54, 1.807) is 4.68 Å². The third-order valence-corrected chi connectivity index (χ3v) is 3.94. The predicted octanol–water partition coefficient (Wildman–Crippen LogP) is 3.78. The van der Waals surface area contributed by atoms with Crippen molar-refractivity contribution >= 4 is 22.5 Å². The van der Waals surface area contributed by atoms with Gasteiger partial charge < -0.3 is 9.42 Å². The number of nitrogens with zero attached hydrogens (tertiary/aromatic N) is 5. The van der Waals surface area contributed by atoms with Gasteiger partial charge in [0, 0.05) is 30.9 Å². The second-order valence-electron chi connectivity index (χ2n) is 5.52. The van der Waals surface area contributed by atoms with Crippen LogP contribution in [0, 0.1) is 0 Å². The lowest BCUT2D eigenvalue weighted by Crippen LogP contribution is -2.17. The molecule has 0 unspecified atom stereocenters. The van der Waals surface area contributed by atoms with Gasteiger partial charge in [0.2, 0.25) is 0 Å². The maximum absolute atomic E-state index is 5.53. The van der Waals surface area contributed by atoms with Gasteiger partial charge in [-0.15, -0.1) is 0 Å². The molecule has 0 bridgehead atoms. The lowest BCUT2D eigenvalue weighted by Gasteiger charge is -2.17. The first-order valence-corrected chi connectivity index (χ1v) is 7.85. The molecule has 0 aliphatic rings. The molecule has 6 heteroatoms. The van der Waals surface area contributed by atoms with Crippen molar-refractivity contribution in [3.05, 3.63) is 54.7 Å². The number of para-hydroxylation sites is 1. The van der Waals surface area contributed by atoms with Gasteiger partial charge in [-0.2, -0.15) is 10.1 Å². The zero-order chi connectivity index (χ0) is 16.5.